The molecule has 1 aromatic carbocycles. The number of aromatic nitrogens is 1. The number of aliphatic imine (C=N–C) groups is 1. The monoisotopic (exact) mass is 487 g/mol. The van der Waals surface area contributed by atoms with Crippen LogP contribution in [-0.2, 0) is 13.0 Å². The van der Waals surface area contributed by atoms with Crippen molar-refractivity contribution in [2.24, 2.45) is 4.99 Å². The van der Waals surface area contributed by atoms with Gasteiger partial charge in [0, 0.05) is 44.0 Å². The summed E-state index contributed by atoms with van der Waals surface area (Å²) >= 11 is 1.67. The van der Waals surface area contributed by atoms with Crippen LogP contribution in [0.15, 0.2) is 34.6 Å². The van der Waals surface area contributed by atoms with Crippen LogP contribution in [0.5, 0.6) is 0 Å². The molecule has 8 heteroatoms. The highest BCUT2D eigenvalue weighted by molar-refractivity contribution is 14.0. The number of guanidine groups is 1. The Morgan fingerprint density at radius 2 is 1.92 bits per heavy atom. The molecule has 3 N–H and O–H groups in total. The molecule has 142 valence electrons. The minimum atomic E-state index is -0.0447. The number of benzene rings is 1. The van der Waals surface area contributed by atoms with Gasteiger partial charge in [-0.15, -0.1) is 35.3 Å². The van der Waals surface area contributed by atoms with E-state index in [0.717, 1.165) is 35.2 Å². The topological polar surface area (TPSA) is 78.4 Å². The Bertz CT molecular complexity index is 715. The van der Waals surface area contributed by atoms with Gasteiger partial charge in [0.25, 0.3) is 5.91 Å². The number of rotatable bonds is 7. The average molecular weight is 487 g/mol. The van der Waals surface area contributed by atoms with Crippen molar-refractivity contribution >= 4 is 47.2 Å². The highest BCUT2D eigenvalue weighted by atomic mass is 127. The van der Waals surface area contributed by atoms with E-state index in [1.54, 1.807) is 18.4 Å². The quantitative estimate of drug-likeness (QED) is 0.319. The van der Waals surface area contributed by atoms with Crippen molar-refractivity contribution in [3.8, 4) is 0 Å². The van der Waals surface area contributed by atoms with Gasteiger partial charge in [-0.3, -0.25) is 9.79 Å². The predicted molar refractivity (Wildman–Crippen MR) is 119 cm³/mol. The standard InChI is InChI=1S/C18H25N5OS.HI/c1-4-20-17(24)15-7-5-14(6-8-15)11-22-18(19-3)21-10-9-16-12-25-13(2)23-16;/h5-8,12H,4,9-11H2,1-3H3,(H,20,24)(H2,19,21,22);1H. The van der Waals surface area contributed by atoms with Crippen LogP contribution in [0.4, 0.5) is 0 Å². The second-order valence-electron chi connectivity index (χ2n) is 5.52. The Kier molecular flexibility index (Phi) is 10.2. The summed E-state index contributed by atoms with van der Waals surface area (Å²) in [5.41, 5.74) is 2.86. The summed E-state index contributed by atoms with van der Waals surface area (Å²) in [7, 11) is 1.75. The Morgan fingerprint density at radius 3 is 2.50 bits per heavy atom. The lowest BCUT2D eigenvalue weighted by molar-refractivity contribution is 0.0956. The number of thiazole rings is 1. The van der Waals surface area contributed by atoms with Crippen molar-refractivity contribution in [2.45, 2.75) is 26.8 Å². The number of nitrogens with zero attached hydrogens (tertiary/aromatic N) is 2. The number of nitrogens with one attached hydrogen (secondary N) is 3. The molecule has 0 aliphatic carbocycles. The predicted octanol–water partition coefficient (Wildman–Crippen LogP) is 2.73. The molecule has 0 saturated heterocycles. The molecule has 2 aromatic rings. The van der Waals surface area contributed by atoms with Gasteiger partial charge < -0.3 is 16.0 Å². The van der Waals surface area contributed by atoms with Crippen LogP contribution in [0.1, 0.15) is 33.5 Å². The number of hydrogen-bond donors (Lipinski definition) is 3. The van der Waals surface area contributed by atoms with E-state index in [4.69, 9.17) is 0 Å². The zero-order valence-electron chi connectivity index (χ0n) is 15.3. The van der Waals surface area contributed by atoms with Gasteiger partial charge in [0.15, 0.2) is 5.96 Å². The molecular formula is C18H26IN5OS. The van der Waals surface area contributed by atoms with Crippen molar-refractivity contribution in [2.75, 3.05) is 20.1 Å². The fraction of sp³-hybridized carbons (Fsp3) is 0.389. The zero-order chi connectivity index (χ0) is 18.1. The Morgan fingerprint density at radius 1 is 1.19 bits per heavy atom. The average Bonchev–Trinajstić information content (AvgIpc) is 3.04. The van der Waals surface area contributed by atoms with Crippen LogP contribution >= 0.6 is 35.3 Å². The zero-order valence-corrected chi connectivity index (χ0v) is 18.5. The summed E-state index contributed by atoms with van der Waals surface area (Å²) in [4.78, 5) is 20.4. The molecule has 0 aliphatic heterocycles. The Balaban J connectivity index is 0.00000338. The third kappa shape index (κ3) is 7.28. The molecule has 1 amide bonds. The maximum Gasteiger partial charge on any atom is 0.251 e. The van der Waals surface area contributed by atoms with Gasteiger partial charge in [-0.1, -0.05) is 12.1 Å². The first-order valence-electron chi connectivity index (χ1n) is 8.35. The van der Waals surface area contributed by atoms with Gasteiger partial charge in [-0.25, -0.2) is 4.98 Å². The maximum atomic E-state index is 11.7. The summed E-state index contributed by atoms with van der Waals surface area (Å²) in [6.45, 7) is 5.97. The van der Waals surface area contributed by atoms with Gasteiger partial charge in [-0.2, -0.15) is 0 Å². The number of halogens is 1. The molecule has 26 heavy (non-hydrogen) atoms. The largest absolute Gasteiger partial charge is 0.356 e. The SMILES string of the molecule is CCNC(=O)c1ccc(CNC(=NC)NCCc2csc(C)n2)cc1.I. The van der Waals surface area contributed by atoms with Gasteiger partial charge in [0.2, 0.25) is 0 Å². The molecular weight excluding hydrogens is 461 g/mol. The number of amides is 1. The van der Waals surface area contributed by atoms with Crippen molar-refractivity contribution in [3.05, 3.63) is 51.5 Å². The molecule has 0 spiro atoms. The van der Waals surface area contributed by atoms with Crippen LogP contribution in [0.25, 0.3) is 0 Å². The van der Waals surface area contributed by atoms with E-state index in [1.807, 2.05) is 38.1 Å². The lowest BCUT2D eigenvalue weighted by Crippen LogP contribution is -2.37. The van der Waals surface area contributed by atoms with Crippen molar-refractivity contribution < 1.29 is 4.79 Å². The molecule has 0 fully saturated rings. The molecule has 0 aliphatic rings. The first-order chi connectivity index (χ1) is 12.1. The van der Waals surface area contributed by atoms with Crippen LogP contribution in [0.3, 0.4) is 0 Å². The smallest absolute Gasteiger partial charge is 0.251 e. The second-order valence-corrected chi connectivity index (χ2v) is 6.58. The van der Waals surface area contributed by atoms with Gasteiger partial charge in [0.1, 0.15) is 0 Å². The number of carbonyl (C=O) groups excluding carboxylic acids is 1. The molecule has 2 rings (SSSR count). The molecule has 0 unspecified atom stereocenters. The van der Waals surface area contributed by atoms with E-state index < -0.39 is 0 Å². The first-order valence-corrected chi connectivity index (χ1v) is 9.23. The van der Waals surface area contributed by atoms with Crippen LogP contribution in [-0.4, -0.2) is 37.0 Å². The summed E-state index contributed by atoms with van der Waals surface area (Å²) < 4.78 is 0. The molecule has 1 aromatic heterocycles. The lowest BCUT2D eigenvalue weighted by atomic mass is 10.1. The number of carbonyl (C=O) groups is 1. The lowest BCUT2D eigenvalue weighted by Gasteiger charge is -2.12. The fourth-order valence-corrected chi connectivity index (χ4v) is 2.92. The minimum absolute atomic E-state index is 0. The third-order valence-electron chi connectivity index (χ3n) is 3.58. The van der Waals surface area contributed by atoms with E-state index in [-0.39, 0.29) is 29.9 Å². The van der Waals surface area contributed by atoms with E-state index >= 15 is 0 Å². The van der Waals surface area contributed by atoms with Crippen molar-refractivity contribution in [3.63, 3.8) is 0 Å². The normalized spacial score (nSPS) is 10.8. The molecule has 0 saturated carbocycles. The molecule has 0 atom stereocenters. The van der Waals surface area contributed by atoms with Crippen LogP contribution < -0.4 is 16.0 Å². The van der Waals surface area contributed by atoms with Gasteiger partial charge in [-0.05, 0) is 31.5 Å². The van der Waals surface area contributed by atoms with E-state index in [2.05, 4.69) is 31.3 Å². The Hall–Kier alpha value is -1.68. The summed E-state index contributed by atoms with van der Waals surface area (Å²) in [5, 5.41) is 12.5. The van der Waals surface area contributed by atoms with E-state index in [9.17, 15) is 4.79 Å². The molecule has 6 nitrogen and oxygen atoms in total. The van der Waals surface area contributed by atoms with E-state index in [0.29, 0.717) is 18.7 Å². The summed E-state index contributed by atoms with van der Waals surface area (Å²) in [5.74, 6) is 0.705. The number of aryl methyl sites for hydroxylation is 1. The first kappa shape index (κ1) is 22.4. The fourth-order valence-electron chi connectivity index (χ4n) is 2.28. The van der Waals surface area contributed by atoms with Crippen LogP contribution in [0.2, 0.25) is 0 Å². The molecule has 0 radical (unpaired) electrons. The highest BCUT2D eigenvalue weighted by Gasteiger charge is 2.04. The van der Waals surface area contributed by atoms with Gasteiger partial charge >= 0.3 is 0 Å². The second kappa shape index (κ2) is 11.8. The molecule has 1 heterocycles. The minimum Gasteiger partial charge on any atom is -0.356 e. The maximum absolute atomic E-state index is 11.7. The number of hydrogen-bond acceptors (Lipinski definition) is 4. The van der Waals surface area contributed by atoms with E-state index in [1.165, 1.54) is 0 Å². The van der Waals surface area contributed by atoms with Gasteiger partial charge in [0.05, 0.1) is 10.7 Å². The Labute approximate surface area is 175 Å². The highest BCUT2D eigenvalue weighted by Crippen LogP contribution is 2.07. The summed E-state index contributed by atoms with van der Waals surface area (Å²) in [6.07, 6.45) is 0.867. The summed E-state index contributed by atoms with van der Waals surface area (Å²) in [6, 6.07) is 7.57. The third-order valence-corrected chi connectivity index (χ3v) is 4.40. The molecule has 0 bridgehead atoms. The van der Waals surface area contributed by atoms with Crippen molar-refractivity contribution in [1.82, 2.24) is 20.9 Å². The van der Waals surface area contributed by atoms with Crippen molar-refractivity contribution in [1.29, 1.82) is 0 Å². The van der Waals surface area contributed by atoms with Crippen LogP contribution in [0, 0.1) is 6.92 Å².